The first-order chi connectivity index (χ1) is 8.76. The zero-order valence-electron chi connectivity index (χ0n) is 10.4. The minimum absolute atomic E-state index is 0.822. The fourth-order valence-electron chi connectivity index (χ4n) is 2.20. The molecule has 0 bridgehead atoms. The number of hydrogen-bond donors (Lipinski definition) is 1. The molecule has 18 heavy (non-hydrogen) atoms. The van der Waals surface area contributed by atoms with Crippen molar-refractivity contribution in [2.75, 3.05) is 5.73 Å². The SMILES string of the molecule is CCc1ccc(Cn2ccc3ccc(N)cc32)s1. The van der Waals surface area contributed by atoms with E-state index in [9.17, 15) is 0 Å². The van der Waals surface area contributed by atoms with E-state index in [0.29, 0.717) is 0 Å². The van der Waals surface area contributed by atoms with Crippen LogP contribution in [0, 0.1) is 0 Å². The summed E-state index contributed by atoms with van der Waals surface area (Å²) < 4.78 is 2.26. The number of fused-ring (bicyclic) bond motifs is 1. The lowest BCUT2D eigenvalue weighted by molar-refractivity contribution is 0.852. The van der Waals surface area contributed by atoms with Gasteiger partial charge >= 0.3 is 0 Å². The highest BCUT2D eigenvalue weighted by Crippen LogP contribution is 2.23. The lowest BCUT2D eigenvalue weighted by atomic mass is 10.2. The van der Waals surface area contributed by atoms with E-state index in [1.165, 1.54) is 20.7 Å². The van der Waals surface area contributed by atoms with Crippen LogP contribution in [0.4, 0.5) is 5.69 Å². The van der Waals surface area contributed by atoms with Crippen LogP contribution < -0.4 is 5.73 Å². The van der Waals surface area contributed by atoms with Gasteiger partial charge in [0.2, 0.25) is 0 Å². The van der Waals surface area contributed by atoms with Crippen LogP contribution in [0.25, 0.3) is 10.9 Å². The first-order valence-electron chi connectivity index (χ1n) is 6.18. The molecule has 0 radical (unpaired) electrons. The highest BCUT2D eigenvalue weighted by Gasteiger charge is 2.04. The molecule has 3 rings (SSSR count). The summed E-state index contributed by atoms with van der Waals surface area (Å²) in [6.07, 6.45) is 3.25. The number of aryl methyl sites for hydroxylation is 1. The summed E-state index contributed by atoms with van der Waals surface area (Å²) in [5, 5.41) is 1.25. The largest absolute Gasteiger partial charge is 0.399 e. The Morgan fingerprint density at radius 2 is 1.94 bits per heavy atom. The van der Waals surface area contributed by atoms with Crippen molar-refractivity contribution in [3.63, 3.8) is 0 Å². The third-order valence-corrected chi connectivity index (χ3v) is 4.40. The molecule has 0 saturated carbocycles. The molecule has 3 heteroatoms. The number of anilines is 1. The van der Waals surface area contributed by atoms with Crippen LogP contribution in [0.3, 0.4) is 0 Å². The van der Waals surface area contributed by atoms with Crippen molar-refractivity contribution in [1.82, 2.24) is 4.57 Å². The van der Waals surface area contributed by atoms with Gasteiger partial charge in [-0.3, -0.25) is 0 Å². The van der Waals surface area contributed by atoms with Gasteiger partial charge in [0.05, 0.1) is 12.1 Å². The molecule has 0 aliphatic rings. The van der Waals surface area contributed by atoms with Gasteiger partial charge in [0.15, 0.2) is 0 Å². The fraction of sp³-hybridized carbons (Fsp3) is 0.200. The Balaban J connectivity index is 1.96. The molecular weight excluding hydrogens is 240 g/mol. The highest BCUT2D eigenvalue weighted by molar-refractivity contribution is 7.11. The molecule has 3 aromatic rings. The van der Waals surface area contributed by atoms with Gasteiger partial charge in [0, 0.05) is 21.6 Å². The fourth-order valence-corrected chi connectivity index (χ4v) is 3.16. The van der Waals surface area contributed by atoms with Crippen molar-refractivity contribution in [2.24, 2.45) is 0 Å². The lowest BCUT2D eigenvalue weighted by Crippen LogP contribution is -1.96. The first kappa shape index (κ1) is 11.4. The monoisotopic (exact) mass is 256 g/mol. The average molecular weight is 256 g/mol. The summed E-state index contributed by atoms with van der Waals surface area (Å²) in [4.78, 5) is 2.84. The average Bonchev–Trinajstić information content (AvgIpc) is 2.97. The number of rotatable bonds is 3. The molecule has 2 N–H and O–H groups in total. The van der Waals surface area contributed by atoms with Gasteiger partial charge in [0.25, 0.3) is 0 Å². The Bertz CT molecular complexity index is 679. The van der Waals surface area contributed by atoms with E-state index in [1.54, 1.807) is 0 Å². The maximum absolute atomic E-state index is 5.86. The predicted molar refractivity (Wildman–Crippen MR) is 79.1 cm³/mol. The molecule has 0 spiro atoms. The molecule has 0 aliphatic carbocycles. The number of nitrogens with two attached hydrogens (primary N) is 1. The summed E-state index contributed by atoms with van der Waals surface area (Å²) >= 11 is 1.89. The van der Waals surface area contributed by atoms with Crippen molar-refractivity contribution in [2.45, 2.75) is 19.9 Å². The molecule has 0 unspecified atom stereocenters. The van der Waals surface area contributed by atoms with Gasteiger partial charge in [-0.1, -0.05) is 13.0 Å². The lowest BCUT2D eigenvalue weighted by Gasteiger charge is -2.04. The maximum atomic E-state index is 5.86. The molecule has 92 valence electrons. The van der Waals surface area contributed by atoms with Gasteiger partial charge in [-0.05, 0) is 42.1 Å². The third kappa shape index (κ3) is 2.02. The molecule has 2 nitrogen and oxygen atoms in total. The van der Waals surface area contributed by atoms with Crippen LogP contribution in [-0.4, -0.2) is 4.57 Å². The number of thiophene rings is 1. The highest BCUT2D eigenvalue weighted by atomic mass is 32.1. The summed E-state index contributed by atoms with van der Waals surface area (Å²) in [7, 11) is 0. The van der Waals surface area contributed by atoms with Crippen molar-refractivity contribution >= 4 is 27.9 Å². The van der Waals surface area contributed by atoms with Gasteiger partial charge < -0.3 is 10.3 Å². The number of benzene rings is 1. The van der Waals surface area contributed by atoms with E-state index >= 15 is 0 Å². The second-order valence-electron chi connectivity index (χ2n) is 4.48. The second kappa shape index (κ2) is 4.50. The molecule has 0 atom stereocenters. The predicted octanol–water partition coefficient (Wildman–Crippen LogP) is 3.90. The minimum atomic E-state index is 0.822. The van der Waals surface area contributed by atoms with Crippen LogP contribution in [0.1, 0.15) is 16.7 Å². The Kier molecular flexibility index (Phi) is 2.84. The van der Waals surface area contributed by atoms with Crippen molar-refractivity contribution < 1.29 is 0 Å². The van der Waals surface area contributed by atoms with E-state index in [2.05, 4.69) is 42.0 Å². The van der Waals surface area contributed by atoms with Crippen LogP contribution in [0.2, 0.25) is 0 Å². The van der Waals surface area contributed by atoms with Crippen molar-refractivity contribution in [3.05, 3.63) is 52.3 Å². The minimum Gasteiger partial charge on any atom is -0.399 e. The molecule has 0 aliphatic heterocycles. The summed E-state index contributed by atoms with van der Waals surface area (Å²) in [6, 6.07) is 12.7. The zero-order chi connectivity index (χ0) is 12.5. The molecular formula is C15H16N2S. The smallest absolute Gasteiger partial charge is 0.0569 e. The molecule has 2 heterocycles. The van der Waals surface area contributed by atoms with Crippen LogP contribution in [0.15, 0.2) is 42.6 Å². The van der Waals surface area contributed by atoms with E-state index in [-0.39, 0.29) is 0 Å². The number of nitrogen functional groups attached to an aromatic ring is 1. The van der Waals surface area contributed by atoms with Crippen molar-refractivity contribution in [1.29, 1.82) is 0 Å². The zero-order valence-corrected chi connectivity index (χ0v) is 11.2. The standard InChI is InChI=1S/C15H16N2S/c1-2-13-5-6-14(18-13)10-17-8-7-11-3-4-12(16)9-15(11)17/h3-9H,2,10,16H2,1H3. The molecule has 0 saturated heterocycles. The Labute approximate surface area is 111 Å². The van der Waals surface area contributed by atoms with Crippen LogP contribution >= 0.6 is 11.3 Å². The Morgan fingerprint density at radius 3 is 2.72 bits per heavy atom. The van der Waals surface area contributed by atoms with Gasteiger partial charge in [0.1, 0.15) is 0 Å². The summed E-state index contributed by atoms with van der Waals surface area (Å²) in [5.41, 5.74) is 7.89. The maximum Gasteiger partial charge on any atom is 0.0569 e. The summed E-state index contributed by atoms with van der Waals surface area (Å²) in [6.45, 7) is 3.12. The van der Waals surface area contributed by atoms with Crippen LogP contribution in [-0.2, 0) is 13.0 Å². The van der Waals surface area contributed by atoms with E-state index in [1.807, 2.05) is 23.5 Å². The van der Waals surface area contributed by atoms with E-state index in [4.69, 9.17) is 5.73 Å². The Hall–Kier alpha value is -1.74. The number of aromatic nitrogens is 1. The molecule has 0 amide bonds. The van der Waals surface area contributed by atoms with Gasteiger partial charge in [-0.25, -0.2) is 0 Å². The van der Waals surface area contributed by atoms with Gasteiger partial charge in [-0.2, -0.15) is 0 Å². The van der Waals surface area contributed by atoms with E-state index in [0.717, 1.165) is 18.7 Å². The van der Waals surface area contributed by atoms with Crippen LogP contribution in [0.5, 0.6) is 0 Å². The summed E-state index contributed by atoms with van der Waals surface area (Å²) in [5.74, 6) is 0. The first-order valence-corrected chi connectivity index (χ1v) is 7.00. The second-order valence-corrected chi connectivity index (χ2v) is 5.74. The third-order valence-electron chi connectivity index (χ3n) is 3.19. The van der Waals surface area contributed by atoms with Gasteiger partial charge in [-0.15, -0.1) is 11.3 Å². The van der Waals surface area contributed by atoms with Crippen molar-refractivity contribution in [3.8, 4) is 0 Å². The molecule has 1 aromatic carbocycles. The number of hydrogen-bond acceptors (Lipinski definition) is 2. The molecule has 2 aromatic heterocycles. The topological polar surface area (TPSA) is 30.9 Å². The number of nitrogens with zero attached hydrogens (tertiary/aromatic N) is 1. The Morgan fingerprint density at radius 1 is 1.11 bits per heavy atom. The normalized spacial score (nSPS) is 11.2. The van der Waals surface area contributed by atoms with E-state index < -0.39 is 0 Å². The molecule has 0 fully saturated rings. The quantitative estimate of drug-likeness (QED) is 0.708.